The Morgan fingerprint density at radius 3 is 2.52 bits per heavy atom. The quantitative estimate of drug-likeness (QED) is 0.632. The Morgan fingerprint density at radius 2 is 2.00 bits per heavy atom. The second-order valence-electron chi connectivity index (χ2n) is 6.02. The van der Waals surface area contributed by atoms with Crippen LogP contribution in [0.2, 0.25) is 0 Å². The molecule has 3 saturated heterocycles. The Balaban J connectivity index is 1.54. The third-order valence-corrected chi connectivity index (χ3v) is 4.72. The maximum Gasteiger partial charge on any atom is 0.269 e. The van der Waals surface area contributed by atoms with Crippen molar-refractivity contribution in [3.8, 4) is 0 Å². The van der Waals surface area contributed by atoms with Crippen LogP contribution in [0.3, 0.4) is 0 Å². The van der Waals surface area contributed by atoms with E-state index in [4.69, 9.17) is 0 Å². The molecule has 0 amide bonds. The summed E-state index contributed by atoms with van der Waals surface area (Å²) in [4.78, 5) is 12.7. The zero-order valence-corrected chi connectivity index (χ0v) is 11.9. The molecule has 2 N–H and O–H groups in total. The van der Waals surface area contributed by atoms with Crippen LogP contribution in [0.15, 0.2) is 24.3 Å². The Hall–Kier alpha value is -1.50. The van der Waals surface area contributed by atoms with Gasteiger partial charge in [-0.25, -0.2) is 0 Å². The minimum atomic E-state index is -0.624. The molecule has 3 fully saturated rings. The van der Waals surface area contributed by atoms with Gasteiger partial charge in [0.15, 0.2) is 0 Å². The van der Waals surface area contributed by atoms with Crippen LogP contribution in [-0.4, -0.2) is 47.2 Å². The molecule has 0 aliphatic carbocycles. The van der Waals surface area contributed by atoms with Crippen molar-refractivity contribution >= 4 is 5.69 Å². The lowest BCUT2D eigenvalue weighted by Crippen LogP contribution is -2.56. The van der Waals surface area contributed by atoms with Crippen LogP contribution in [0.5, 0.6) is 0 Å². The number of nitrogens with one attached hydrogen (secondary N) is 1. The van der Waals surface area contributed by atoms with Gasteiger partial charge < -0.3 is 15.3 Å². The van der Waals surface area contributed by atoms with Gasteiger partial charge in [0.25, 0.3) is 5.69 Å². The number of nitrogens with zero attached hydrogens (tertiary/aromatic N) is 2. The first-order valence-corrected chi connectivity index (χ1v) is 7.51. The topological polar surface area (TPSA) is 78.6 Å². The van der Waals surface area contributed by atoms with Crippen LogP contribution >= 0.6 is 0 Å². The molecule has 114 valence electrons. The number of nitro benzene ring substituents is 1. The number of benzene rings is 1. The molecule has 3 aliphatic rings. The second-order valence-corrected chi connectivity index (χ2v) is 6.02. The molecule has 2 unspecified atom stereocenters. The zero-order valence-electron chi connectivity index (χ0n) is 11.9. The lowest BCUT2D eigenvalue weighted by Gasteiger charge is -2.45. The molecule has 0 saturated carbocycles. The first-order chi connectivity index (χ1) is 10.1. The van der Waals surface area contributed by atoms with Gasteiger partial charge in [0.05, 0.1) is 11.0 Å². The van der Waals surface area contributed by atoms with Gasteiger partial charge >= 0.3 is 0 Å². The summed E-state index contributed by atoms with van der Waals surface area (Å²) in [6, 6.07) is 6.59. The van der Waals surface area contributed by atoms with Gasteiger partial charge in [0, 0.05) is 31.3 Å². The van der Waals surface area contributed by atoms with Crippen molar-refractivity contribution in [2.24, 2.45) is 5.92 Å². The summed E-state index contributed by atoms with van der Waals surface area (Å²) < 4.78 is 0. The number of hydrogen-bond acceptors (Lipinski definition) is 5. The third-order valence-electron chi connectivity index (χ3n) is 4.72. The van der Waals surface area contributed by atoms with Gasteiger partial charge in [-0.2, -0.15) is 0 Å². The minimum absolute atomic E-state index is 0.0521. The molecule has 3 heterocycles. The molecular weight excluding hydrogens is 270 g/mol. The Bertz CT molecular complexity index is 497. The molecule has 1 aromatic carbocycles. The maximum absolute atomic E-state index is 10.6. The van der Waals surface area contributed by atoms with Gasteiger partial charge in [-0.05, 0) is 49.5 Å². The molecule has 0 spiro atoms. The molecule has 2 bridgehead atoms. The van der Waals surface area contributed by atoms with E-state index < -0.39 is 11.0 Å². The van der Waals surface area contributed by atoms with Crippen molar-refractivity contribution < 1.29 is 10.0 Å². The van der Waals surface area contributed by atoms with Crippen molar-refractivity contribution in [1.29, 1.82) is 0 Å². The van der Waals surface area contributed by atoms with E-state index in [0.29, 0.717) is 12.6 Å². The molecular formula is C15H21N3O3. The first kappa shape index (κ1) is 14.4. The lowest BCUT2D eigenvalue weighted by atomic mass is 9.84. The summed E-state index contributed by atoms with van der Waals surface area (Å²) in [7, 11) is 0. The van der Waals surface area contributed by atoms with Crippen LogP contribution in [0.25, 0.3) is 0 Å². The summed E-state index contributed by atoms with van der Waals surface area (Å²) in [5, 5.41) is 24.3. The fourth-order valence-corrected chi connectivity index (χ4v) is 3.40. The number of fused-ring (bicyclic) bond motifs is 3. The first-order valence-electron chi connectivity index (χ1n) is 7.51. The van der Waals surface area contributed by atoms with Crippen molar-refractivity contribution in [1.82, 2.24) is 10.2 Å². The molecule has 3 aliphatic heterocycles. The highest BCUT2D eigenvalue weighted by Crippen LogP contribution is 2.27. The molecule has 0 aromatic heterocycles. The molecule has 21 heavy (non-hydrogen) atoms. The van der Waals surface area contributed by atoms with E-state index in [2.05, 4.69) is 10.2 Å². The van der Waals surface area contributed by atoms with Crippen molar-refractivity contribution in [2.45, 2.75) is 25.0 Å². The van der Waals surface area contributed by atoms with Crippen LogP contribution in [0, 0.1) is 16.0 Å². The van der Waals surface area contributed by atoms with Gasteiger partial charge in [0.2, 0.25) is 0 Å². The Morgan fingerprint density at radius 1 is 1.33 bits per heavy atom. The van der Waals surface area contributed by atoms with E-state index in [-0.39, 0.29) is 5.69 Å². The highest BCUT2D eigenvalue weighted by atomic mass is 16.6. The summed E-state index contributed by atoms with van der Waals surface area (Å²) in [6.45, 7) is 3.96. The van der Waals surface area contributed by atoms with E-state index in [1.165, 1.54) is 38.1 Å². The highest BCUT2D eigenvalue weighted by Gasteiger charge is 2.33. The maximum atomic E-state index is 10.6. The summed E-state index contributed by atoms with van der Waals surface area (Å²) in [5.41, 5.74) is 0.769. The van der Waals surface area contributed by atoms with Gasteiger partial charge in [-0.3, -0.25) is 10.1 Å². The van der Waals surface area contributed by atoms with Gasteiger partial charge in [0.1, 0.15) is 0 Å². The largest absolute Gasteiger partial charge is 0.387 e. The molecule has 4 rings (SSSR count). The third kappa shape index (κ3) is 3.23. The monoisotopic (exact) mass is 291 g/mol. The number of nitro groups is 1. The van der Waals surface area contributed by atoms with Crippen LogP contribution < -0.4 is 5.32 Å². The van der Waals surface area contributed by atoms with Crippen LogP contribution in [-0.2, 0) is 0 Å². The van der Waals surface area contributed by atoms with E-state index in [9.17, 15) is 15.2 Å². The van der Waals surface area contributed by atoms with E-state index >= 15 is 0 Å². The van der Waals surface area contributed by atoms with Crippen molar-refractivity contribution in [3.05, 3.63) is 39.9 Å². The molecule has 6 heteroatoms. The van der Waals surface area contributed by atoms with E-state index in [0.717, 1.165) is 18.0 Å². The van der Waals surface area contributed by atoms with Crippen molar-refractivity contribution in [2.75, 3.05) is 26.2 Å². The molecule has 2 atom stereocenters. The average Bonchev–Trinajstić information content (AvgIpc) is 2.54. The lowest BCUT2D eigenvalue weighted by molar-refractivity contribution is -0.384. The number of non-ortho nitro benzene ring substituents is 1. The predicted molar refractivity (Wildman–Crippen MR) is 79.0 cm³/mol. The van der Waals surface area contributed by atoms with E-state index in [1.807, 2.05) is 0 Å². The van der Waals surface area contributed by atoms with E-state index in [1.54, 1.807) is 12.1 Å². The standard InChI is InChI=1S/C15H21N3O3/c19-15(12-1-3-13(4-2-12)18(20)21)9-16-14-10-17-7-5-11(14)6-8-17/h1-4,11,14-16,19H,5-10H2. The summed E-state index contributed by atoms with van der Waals surface area (Å²) in [6.07, 6.45) is 1.86. The predicted octanol–water partition coefficient (Wildman–Crippen LogP) is 1.31. The summed E-state index contributed by atoms with van der Waals surface area (Å²) in [5.74, 6) is 0.721. The fourth-order valence-electron chi connectivity index (χ4n) is 3.40. The number of piperidine rings is 3. The van der Waals surface area contributed by atoms with Crippen molar-refractivity contribution in [3.63, 3.8) is 0 Å². The van der Waals surface area contributed by atoms with Gasteiger partial charge in [-0.1, -0.05) is 0 Å². The number of aliphatic hydroxyl groups is 1. The highest BCUT2D eigenvalue weighted by molar-refractivity contribution is 5.33. The molecule has 6 nitrogen and oxygen atoms in total. The number of rotatable bonds is 5. The Labute approximate surface area is 123 Å². The van der Waals surface area contributed by atoms with Gasteiger partial charge in [-0.15, -0.1) is 0 Å². The number of aliphatic hydroxyl groups excluding tert-OH is 1. The summed E-state index contributed by atoms with van der Waals surface area (Å²) >= 11 is 0. The molecule has 1 aromatic rings. The smallest absolute Gasteiger partial charge is 0.269 e. The average molecular weight is 291 g/mol. The number of hydrogen-bond donors (Lipinski definition) is 2. The fraction of sp³-hybridized carbons (Fsp3) is 0.600. The SMILES string of the molecule is O=[N+]([O-])c1ccc(C(O)CNC2CN3CCC2CC3)cc1. The molecule has 0 radical (unpaired) electrons. The van der Waals surface area contributed by atoms with Crippen LogP contribution in [0.4, 0.5) is 5.69 Å². The van der Waals surface area contributed by atoms with Crippen LogP contribution in [0.1, 0.15) is 24.5 Å². The minimum Gasteiger partial charge on any atom is -0.387 e. The normalized spacial score (nSPS) is 29.3. The Kier molecular flexibility index (Phi) is 4.19. The second kappa shape index (κ2) is 6.09. The zero-order chi connectivity index (χ0) is 14.8.